The molecule has 166 valence electrons. The van der Waals surface area contributed by atoms with Crippen molar-refractivity contribution in [2.75, 3.05) is 52.3 Å². The van der Waals surface area contributed by atoms with Crippen LogP contribution in [0.3, 0.4) is 0 Å². The molecule has 1 saturated heterocycles. The zero-order valence-corrected chi connectivity index (χ0v) is 20.9. The lowest BCUT2D eigenvalue weighted by atomic mass is 10.1. The van der Waals surface area contributed by atoms with Crippen LogP contribution in [0.1, 0.15) is 11.1 Å². The Balaban J connectivity index is 1.69. The lowest BCUT2D eigenvalue weighted by Crippen LogP contribution is -2.46. The molecule has 31 heavy (non-hydrogen) atoms. The van der Waals surface area contributed by atoms with Gasteiger partial charge in [0.2, 0.25) is 0 Å². The number of ether oxygens (including phenoxy) is 2. The number of hydrogen-bond donors (Lipinski definition) is 1. The summed E-state index contributed by atoms with van der Waals surface area (Å²) in [5.74, 6) is 0.661. The lowest BCUT2D eigenvalue weighted by molar-refractivity contribution is -0.118. The van der Waals surface area contributed by atoms with E-state index in [1.54, 1.807) is 25.3 Å². The van der Waals surface area contributed by atoms with Gasteiger partial charge in [0.05, 0.1) is 11.6 Å². The molecule has 1 aliphatic rings. The van der Waals surface area contributed by atoms with Gasteiger partial charge in [-0.05, 0) is 59.7 Å². The molecular weight excluding hydrogens is 502 g/mol. The molecule has 0 spiro atoms. The monoisotopic (exact) mass is 525 g/mol. The molecule has 1 N–H and O–H groups in total. The number of amides is 1. The van der Waals surface area contributed by atoms with Gasteiger partial charge in [-0.2, -0.15) is 0 Å². The maximum atomic E-state index is 12.4. The van der Waals surface area contributed by atoms with E-state index in [9.17, 15) is 4.79 Å². The van der Waals surface area contributed by atoms with Crippen LogP contribution in [-0.2, 0) is 4.79 Å². The number of hydrogen-bond acceptors (Lipinski definition) is 5. The van der Waals surface area contributed by atoms with Crippen LogP contribution in [0.15, 0.2) is 34.8 Å². The molecule has 1 fully saturated rings. The summed E-state index contributed by atoms with van der Waals surface area (Å²) in [6.07, 6.45) is 0. The van der Waals surface area contributed by atoms with Gasteiger partial charge in [-0.15, -0.1) is 0 Å². The minimum atomic E-state index is -0.295. The summed E-state index contributed by atoms with van der Waals surface area (Å²) in [5.41, 5.74) is 2.33. The van der Waals surface area contributed by atoms with Gasteiger partial charge in [0.25, 0.3) is 5.91 Å². The number of likely N-dealkylation sites (N-methyl/N-ethyl adjacent to an activating group) is 1. The smallest absolute Gasteiger partial charge is 0.262 e. The molecule has 2 aromatic rings. The Morgan fingerprint density at radius 2 is 1.97 bits per heavy atom. The third-order valence-corrected chi connectivity index (χ3v) is 6.65. The molecule has 2 aromatic carbocycles. The topological polar surface area (TPSA) is 54.0 Å². The molecule has 0 unspecified atom stereocenters. The van der Waals surface area contributed by atoms with Gasteiger partial charge < -0.3 is 24.6 Å². The highest BCUT2D eigenvalue weighted by atomic mass is 79.9. The number of benzene rings is 2. The SMILES string of the molecule is COc1cc(C(=S)N2CCN(C)CC2)cc(Br)c1OCC(=O)Nc1cccc(Cl)c1C. The summed E-state index contributed by atoms with van der Waals surface area (Å²) in [6.45, 7) is 5.39. The third-order valence-electron chi connectivity index (χ3n) is 5.16. The van der Waals surface area contributed by atoms with E-state index in [0.29, 0.717) is 26.7 Å². The second-order valence-electron chi connectivity index (χ2n) is 7.33. The zero-order chi connectivity index (χ0) is 22.5. The van der Waals surface area contributed by atoms with Crippen LogP contribution >= 0.6 is 39.7 Å². The van der Waals surface area contributed by atoms with E-state index in [4.69, 9.17) is 33.3 Å². The van der Waals surface area contributed by atoms with Crippen LogP contribution < -0.4 is 14.8 Å². The van der Waals surface area contributed by atoms with Gasteiger partial charge in [0.1, 0.15) is 4.99 Å². The number of rotatable bonds is 6. The van der Waals surface area contributed by atoms with Crippen LogP contribution in [0.5, 0.6) is 11.5 Å². The van der Waals surface area contributed by atoms with Crippen LogP contribution in [-0.4, -0.2) is 67.6 Å². The molecule has 6 nitrogen and oxygen atoms in total. The average Bonchev–Trinajstić information content (AvgIpc) is 2.75. The van der Waals surface area contributed by atoms with E-state index < -0.39 is 0 Å². The van der Waals surface area contributed by atoms with Crippen molar-refractivity contribution in [3.05, 3.63) is 51.0 Å². The fourth-order valence-corrected chi connectivity index (χ4v) is 4.27. The van der Waals surface area contributed by atoms with E-state index in [-0.39, 0.29) is 12.5 Å². The second kappa shape index (κ2) is 10.6. The van der Waals surface area contributed by atoms with Gasteiger partial charge in [-0.3, -0.25) is 4.79 Å². The highest BCUT2D eigenvalue weighted by Crippen LogP contribution is 2.37. The fraction of sp³-hybridized carbons (Fsp3) is 0.364. The molecule has 0 atom stereocenters. The first kappa shape index (κ1) is 23.8. The van der Waals surface area contributed by atoms with Crippen molar-refractivity contribution >= 4 is 56.3 Å². The van der Waals surface area contributed by atoms with E-state index in [1.807, 2.05) is 19.1 Å². The largest absolute Gasteiger partial charge is 0.493 e. The average molecular weight is 527 g/mol. The van der Waals surface area contributed by atoms with Crippen molar-refractivity contribution in [3.8, 4) is 11.5 Å². The van der Waals surface area contributed by atoms with Gasteiger partial charge in [-0.25, -0.2) is 0 Å². The Hall–Kier alpha value is -1.87. The second-order valence-corrected chi connectivity index (χ2v) is 8.98. The van der Waals surface area contributed by atoms with Gasteiger partial charge in [-0.1, -0.05) is 29.9 Å². The Morgan fingerprint density at radius 3 is 2.65 bits per heavy atom. The molecule has 1 heterocycles. The number of carbonyl (C=O) groups excluding carboxylic acids is 1. The first-order chi connectivity index (χ1) is 14.8. The van der Waals surface area contributed by atoms with Crippen molar-refractivity contribution < 1.29 is 14.3 Å². The summed E-state index contributed by atoms with van der Waals surface area (Å²) < 4.78 is 12.0. The minimum absolute atomic E-state index is 0.177. The number of piperazine rings is 1. The number of methoxy groups -OCH3 is 1. The fourth-order valence-electron chi connectivity index (χ4n) is 3.24. The van der Waals surface area contributed by atoms with Gasteiger partial charge in [0, 0.05) is 42.5 Å². The summed E-state index contributed by atoms with van der Waals surface area (Å²) in [5, 5.41) is 3.41. The normalized spacial score (nSPS) is 14.3. The predicted molar refractivity (Wildman–Crippen MR) is 132 cm³/mol. The van der Waals surface area contributed by atoms with Crippen molar-refractivity contribution in [1.82, 2.24) is 9.80 Å². The number of nitrogens with zero attached hydrogens (tertiary/aromatic N) is 2. The van der Waals surface area contributed by atoms with Crippen molar-refractivity contribution in [2.45, 2.75) is 6.92 Å². The molecule has 0 aromatic heterocycles. The molecule has 0 bridgehead atoms. The summed E-state index contributed by atoms with van der Waals surface area (Å²) >= 11 is 15.4. The maximum absolute atomic E-state index is 12.4. The number of thiocarbonyl (C=S) groups is 1. The van der Waals surface area contributed by atoms with E-state index >= 15 is 0 Å². The van der Waals surface area contributed by atoms with E-state index in [1.165, 1.54) is 0 Å². The van der Waals surface area contributed by atoms with E-state index in [0.717, 1.165) is 42.3 Å². The number of halogens is 2. The Bertz CT molecular complexity index is 981. The minimum Gasteiger partial charge on any atom is -0.493 e. The number of carbonyl (C=O) groups is 1. The van der Waals surface area contributed by atoms with Crippen LogP contribution in [0, 0.1) is 6.92 Å². The van der Waals surface area contributed by atoms with Gasteiger partial charge >= 0.3 is 0 Å². The predicted octanol–water partition coefficient (Wildman–Crippen LogP) is 4.36. The molecule has 0 aliphatic carbocycles. The van der Waals surface area contributed by atoms with Crippen molar-refractivity contribution in [3.63, 3.8) is 0 Å². The third kappa shape index (κ3) is 5.88. The standard InChI is InChI=1S/C22H25BrClN3O3S/c1-14-17(24)5-4-6-18(14)25-20(28)13-30-21-16(23)11-15(12-19(21)29-3)22(31)27-9-7-26(2)8-10-27/h4-6,11-12H,7-10,13H2,1-3H3,(H,25,28). The highest BCUT2D eigenvalue weighted by molar-refractivity contribution is 9.10. The van der Waals surface area contributed by atoms with Crippen molar-refractivity contribution in [1.29, 1.82) is 0 Å². The van der Waals surface area contributed by atoms with Gasteiger partial charge in [0.15, 0.2) is 18.1 Å². The molecule has 0 saturated carbocycles. The van der Waals surface area contributed by atoms with Crippen LogP contribution in [0.4, 0.5) is 5.69 Å². The number of nitrogens with one attached hydrogen (secondary N) is 1. The summed E-state index contributed by atoms with van der Waals surface area (Å²) in [6, 6.07) is 9.10. The zero-order valence-electron chi connectivity index (χ0n) is 17.7. The van der Waals surface area contributed by atoms with Crippen molar-refractivity contribution in [2.24, 2.45) is 0 Å². The van der Waals surface area contributed by atoms with Crippen LogP contribution in [0.25, 0.3) is 0 Å². The Labute approximate surface area is 201 Å². The molecular formula is C22H25BrClN3O3S. The first-order valence-corrected chi connectivity index (χ1v) is 11.4. The quantitative estimate of drug-likeness (QED) is 0.565. The maximum Gasteiger partial charge on any atom is 0.262 e. The Kier molecular flexibility index (Phi) is 8.16. The molecule has 1 aliphatic heterocycles. The number of anilines is 1. The van der Waals surface area contributed by atoms with Crippen LogP contribution in [0.2, 0.25) is 5.02 Å². The highest BCUT2D eigenvalue weighted by Gasteiger charge is 2.21. The summed E-state index contributed by atoms with van der Waals surface area (Å²) in [7, 11) is 3.67. The summed E-state index contributed by atoms with van der Waals surface area (Å²) in [4.78, 5) is 17.6. The molecule has 9 heteroatoms. The molecule has 3 rings (SSSR count). The van der Waals surface area contributed by atoms with E-state index in [2.05, 4.69) is 38.1 Å². The lowest BCUT2D eigenvalue weighted by Gasteiger charge is -2.34. The molecule has 1 amide bonds. The molecule has 0 radical (unpaired) electrons. The first-order valence-electron chi connectivity index (χ1n) is 9.83. The Morgan fingerprint density at radius 1 is 1.26 bits per heavy atom.